The van der Waals surface area contributed by atoms with Crippen molar-refractivity contribution in [2.24, 2.45) is 11.3 Å². The van der Waals surface area contributed by atoms with Crippen LogP contribution in [0.3, 0.4) is 0 Å². The molecule has 1 aromatic heterocycles. The van der Waals surface area contributed by atoms with Gasteiger partial charge >= 0.3 is 0 Å². The van der Waals surface area contributed by atoms with Gasteiger partial charge in [-0.15, -0.1) is 0 Å². The number of hydrogen-bond acceptors (Lipinski definition) is 4. The zero-order chi connectivity index (χ0) is 11.4. The molecule has 1 heterocycles. The zero-order valence-electron chi connectivity index (χ0n) is 9.79. The molecule has 0 atom stereocenters. The third-order valence-electron chi connectivity index (χ3n) is 3.40. The van der Waals surface area contributed by atoms with Gasteiger partial charge in [-0.2, -0.15) is 0 Å². The molecular formula is C12H20N4. The van der Waals surface area contributed by atoms with E-state index >= 15 is 0 Å². The van der Waals surface area contributed by atoms with E-state index in [0.29, 0.717) is 11.2 Å². The van der Waals surface area contributed by atoms with Gasteiger partial charge < -0.3 is 10.7 Å². The number of rotatable bonds is 4. The molecule has 0 aromatic carbocycles. The molecule has 0 aliphatic heterocycles. The van der Waals surface area contributed by atoms with Gasteiger partial charge in [0, 0.05) is 6.54 Å². The summed E-state index contributed by atoms with van der Waals surface area (Å²) in [6.07, 6.45) is 5.34. The van der Waals surface area contributed by atoms with Crippen molar-refractivity contribution >= 4 is 11.6 Å². The van der Waals surface area contributed by atoms with Crippen molar-refractivity contribution in [2.75, 3.05) is 17.3 Å². The third kappa shape index (κ3) is 2.64. The highest BCUT2D eigenvalue weighted by Crippen LogP contribution is 2.37. The maximum atomic E-state index is 5.32. The summed E-state index contributed by atoms with van der Waals surface area (Å²) in [6, 6.07) is 5.77. The van der Waals surface area contributed by atoms with Crippen molar-refractivity contribution in [3.63, 3.8) is 0 Å². The van der Waals surface area contributed by atoms with Gasteiger partial charge in [-0.1, -0.05) is 25.8 Å². The van der Waals surface area contributed by atoms with Gasteiger partial charge in [-0.05, 0) is 30.4 Å². The highest BCUT2D eigenvalue weighted by molar-refractivity contribution is 5.44. The Morgan fingerprint density at radius 1 is 1.31 bits per heavy atom. The number of anilines is 2. The number of nitrogens with two attached hydrogens (primary N) is 1. The fourth-order valence-corrected chi connectivity index (χ4v) is 2.32. The van der Waals surface area contributed by atoms with Crippen LogP contribution in [0, 0.1) is 5.41 Å². The summed E-state index contributed by atoms with van der Waals surface area (Å²) in [6.45, 7) is 3.34. The molecule has 0 amide bonds. The van der Waals surface area contributed by atoms with Crippen LogP contribution in [-0.4, -0.2) is 11.5 Å². The normalized spacial score (nSPS) is 18.4. The van der Waals surface area contributed by atoms with E-state index in [9.17, 15) is 0 Å². The second-order valence-electron chi connectivity index (χ2n) is 4.92. The third-order valence-corrected chi connectivity index (χ3v) is 3.40. The molecule has 4 N–H and O–H groups in total. The van der Waals surface area contributed by atoms with Crippen LogP contribution in [0.25, 0.3) is 0 Å². The van der Waals surface area contributed by atoms with E-state index in [4.69, 9.17) is 5.84 Å². The van der Waals surface area contributed by atoms with E-state index in [1.165, 1.54) is 25.7 Å². The van der Waals surface area contributed by atoms with Crippen LogP contribution in [0.2, 0.25) is 0 Å². The minimum absolute atomic E-state index is 0.438. The fourth-order valence-electron chi connectivity index (χ4n) is 2.32. The second-order valence-corrected chi connectivity index (χ2v) is 4.92. The van der Waals surface area contributed by atoms with Crippen LogP contribution in [0.1, 0.15) is 32.6 Å². The molecule has 16 heavy (non-hydrogen) atoms. The van der Waals surface area contributed by atoms with Gasteiger partial charge in [0.05, 0.1) is 0 Å². The van der Waals surface area contributed by atoms with Gasteiger partial charge in [0.1, 0.15) is 11.6 Å². The largest absolute Gasteiger partial charge is 0.369 e. The summed E-state index contributed by atoms with van der Waals surface area (Å²) < 4.78 is 0. The summed E-state index contributed by atoms with van der Waals surface area (Å²) in [5.41, 5.74) is 2.99. The number of nitrogens with zero attached hydrogens (tertiary/aromatic N) is 1. The van der Waals surface area contributed by atoms with E-state index in [1.54, 1.807) is 0 Å². The molecule has 0 bridgehead atoms. The van der Waals surface area contributed by atoms with Crippen molar-refractivity contribution in [1.29, 1.82) is 0 Å². The molecule has 1 aromatic rings. The number of nitrogen functional groups attached to an aromatic ring is 1. The van der Waals surface area contributed by atoms with E-state index < -0.39 is 0 Å². The van der Waals surface area contributed by atoms with Gasteiger partial charge in [-0.3, -0.25) is 0 Å². The maximum Gasteiger partial charge on any atom is 0.142 e. The first-order chi connectivity index (χ1) is 7.72. The average Bonchev–Trinajstić information content (AvgIpc) is 2.75. The zero-order valence-corrected chi connectivity index (χ0v) is 9.79. The summed E-state index contributed by atoms with van der Waals surface area (Å²) in [5.74, 6) is 6.91. The van der Waals surface area contributed by atoms with Gasteiger partial charge in [-0.25, -0.2) is 10.8 Å². The van der Waals surface area contributed by atoms with Crippen molar-refractivity contribution in [2.45, 2.75) is 32.6 Å². The summed E-state index contributed by atoms with van der Waals surface area (Å²) >= 11 is 0. The lowest BCUT2D eigenvalue weighted by molar-refractivity contribution is 0.361. The predicted octanol–water partition coefficient (Wildman–Crippen LogP) is 2.36. The molecule has 1 fully saturated rings. The number of aromatic nitrogens is 1. The molecule has 88 valence electrons. The number of hydrazine groups is 1. The van der Waals surface area contributed by atoms with Crippen LogP contribution in [0.5, 0.6) is 0 Å². The van der Waals surface area contributed by atoms with Crippen molar-refractivity contribution in [3.8, 4) is 0 Å². The molecule has 1 aliphatic carbocycles. The fraction of sp³-hybridized carbons (Fsp3) is 0.583. The summed E-state index contributed by atoms with van der Waals surface area (Å²) in [7, 11) is 0. The van der Waals surface area contributed by atoms with Crippen LogP contribution >= 0.6 is 0 Å². The molecule has 0 radical (unpaired) electrons. The van der Waals surface area contributed by atoms with Crippen LogP contribution in [-0.2, 0) is 0 Å². The molecule has 2 rings (SSSR count). The quantitative estimate of drug-likeness (QED) is 0.538. The Balaban J connectivity index is 1.93. The van der Waals surface area contributed by atoms with E-state index in [-0.39, 0.29) is 0 Å². The van der Waals surface area contributed by atoms with Gasteiger partial charge in [0.2, 0.25) is 0 Å². The van der Waals surface area contributed by atoms with E-state index in [0.717, 1.165) is 12.4 Å². The number of nitrogens with one attached hydrogen (secondary N) is 2. The van der Waals surface area contributed by atoms with E-state index in [2.05, 4.69) is 22.7 Å². The number of hydrogen-bond donors (Lipinski definition) is 3. The highest BCUT2D eigenvalue weighted by Gasteiger charge is 2.28. The smallest absolute Gasteiger partial charge is 0.142 e. The van der Waals surface area contributed by atoms with Gasteiger partial charge in [0.25, 0.3) is 0 Å². The lowest BCUT2D eigenvalue weighted by Crippen LogP contribution is -2.23. The van der Waals surface area contributed by atoms with E-state index in [1.807, 2.05) is 18.2 Å². The van der Waals surface area contributed by atoms with Crippen LogP contribution in [0.4, 0.5) is 11.6 Å². The Kier molecular flexibility index (Phi) is 3.29. The van der Waals surface area contributed by atoms with Crippen molar-refractivity contribution in [3.05, 3.63) is 18.2 Å². The molecule has 0 spiro atoms. The summed E-state index contributed by atoms with van der Waals surface area (Å²) in [5, 5.41) is 3.40. The molecule has 1 aliphatic rings. The van der Waals surface area contributed by atoms with Crippen LogP contribution < -0.4 is 16.6 Å². The first-order valence-electron chi connectivity index (χ1n) is 5.89. The van der Waals surface area contributed by atoms with Crippen molar-refractivity contribution < 1.29 is 0 Å². The molecular weight excluding hydrogens is 200 g/mol. The SMILES string of the molecule is CC1(CNc2cccc(NN)n2)CCCC1. The molecule has 4 heteroatoms. The van der Waals surface area contributed by atoms with Crippen LogP contribution in [0.15, 0.2) is 18.2 Å². The van der Waals surface area contributed by atoms with Crippen molar-refractivity contribution in [1.82, 2.24) is 4.98 Å². The average molecular weight is 220 g/mol. The predicted molar refractivity (Wildman–Crippen MR) is 67.1 cm³/mol. The Morgan fingerprint density at radius 2 is 2.00 bits per heavy atom. The Hall–Kier alpha value is -1.29. The molecule has 0 saturated heterocycles. The topological polar surface area (TPSA) is 63.0 Å². The molecule has 0 unspecified atom stereocenters. The molecule has 1 saturated carbocycles. The minimum Gasteiger partial charge on any atom is -0.369 e. The van der Waals surface area contributed by atoms with Gasteiger partial charge in [0.15, 0.2) is 0 Å². The number of pyridine rings is 1. The monoisotopic (exact) mass is 220 g/mol. The first-order valence-corrected chi connectivity index (χ1v) is 5.89. The Morgan fingerprint density at radius 3 is 2.69 bits per heavy atom. The standard InChI is InChI=1S/C12H20N4/c1-12(7-2-3-8-12)9-14-10-5-4-6-11(15-10)16-13/h4-6H,2-3,7-9,13H2,1H3,(H2,14,15,16). The lowest BCUT2D eigenvalue weighted by atomic mass is 9.89. The lowest BCUT2D eigenvalue weighted by Gasteiger charge is -2.24. The molecule has 4 nitrogen and oxygen atoms in total. The highest BCUT2D eigenvalue weighted by atomic mass is 15.3. The Labute approximate surface area is 96.6 Å². The Bertz CT molecular complexity index is 345. The minimum atomic E-state index is 0.438. The maximum absolute atomic E-state index is 5.32. The summed E-state index contributed by atoms with van der Waals surface area (Å²) in [4.78, 5) is 4.34. The second kappa shape index (κ2) is 4.70. The first kappa shape index (κ1) is 11.2.